The fourth-order valence-corrected chi connectivity index (χ4v) is 0.704. The Morgan fingerprint density at radius 2 is 2.60 bits per heavy atom. The van der Waals surface area contributed by atoms with Gasteiger partial charge in [-0.2, -0.15) is 5.10 Å². The van der Waals surface area contributed by atoms with Gasteiger partial charge in [0.1, 0.15) is 5.69 Å². The molecule has 0 unspecified atom stereocenters. The summed E-state index contributed by atoms with van der Waals surface area (Å²) in [5.74, 6) is 2.35. The van der Waals surface area contributed by atoms with Crippen LogP contribution in [0.15, 0.2) is 6.20 Å². The van der Waals surface area contributed by atoms with Gasteiger partial charge in [0.05, 0.1) is 5.56 Å². The summed E-state index contributed by atoms with van der Waals surface area (Å²) in [7, 11) is 1.72. The second kappa shape index (κ2) is 2.36. The molecule has 0 spiro atoms. The van der Waals surface area contributed by atoms with E-state index in [1.807, 2.05) is 0 Å². The molecule has 50 valence electrons. The van der Waals surface area contributed by atoms with E-state index in [9.17, 15) is 4.79 Å². The highest BCUT2D eigenvalue weighted by Crippen LogP contribution is 1.99. The first-order valence-electron chi connectivity index (χ1n) is 2.73. The summed E-state index contributed by atoms with van der Waals surface area (Å²) < 4.78 is 1.51. The summed E-state index contributed by atoms with van der Waals surface area (Å²) in [6, 6.07) is 0. The van der Waals surface area contributed by atoms with Crippen LogP contribution in [0.25, 0.3) is 0 Å². The predicted octanol–water partition coefficient (Wildman–Crippen LogP) is 0.214. The molecule has 0 radical (unpaired) electrons. The predicted molar refractivity (Wildman–Crippen MR) is 36.5 cm³/mol. The summed E-state index contributed by atoms with van der Waals surface area (Å²) in [5.41, 5.74) is 0.863. The van der Waals surface area contributed by atoms with E-state index in [1.54, 1.807) is 13.2 Å². The molecule has 1 aromatic rings. The summed E-state index contributed by atoms with van der Waals surface area (Å²) in [4.78, 5) is 10.2. The Bertz CT molecular complexity index is 293. The van der Waals surface area contributed by atoms with Crippen LogP contribution in [-0.2, 0) is 7.05 Å². The van der Waals surface area contributed by atoms with E-state index >= 15 is 0 Å². The molecule has 3 nitrogen and oxygen atoms in total. The van der Waals surface area contributed by atoms with Gasteiger partial charge in [0.15, 0.2) is 6.29 Å². The Morgan fingerprint density at radius 1 is 1.90 bits per heavy atom. The number of terminal acetylenes is 1. The van der Waals surface area contributed by atoms with Gasteiger partial charge in [-0.15, -0.1) is 6.42 Å². The summed E-state index contributed by atoms with van der Waals surface area (Å²) >= 11 is 0. The van der Waals surface area contributed by atoms with Crippen molar-refractivity contribution in [3.8, 4) is 12.3 Å². The number of carbonyl (C=O) groups excluding carboxylic acids is 1. The van der Waals surface area contributed by atoms with E-state index < -0.39 is 0 Å². The average Bonchev–Trinajstić information content (AvgIpc) is 2.30. The van der Waals surface area contributed by atoms with Crippen LogP contribution in [-0.4, -0.2) is 16.1 Å². The van der Waals surface area contributed by atoms with Gasteiger partial charge in [0, 0.05) is 13.2 Å². The standard InChI is InChI=1S/C7H6N2O/c1-3-6-4-9(2)8-7(6)5-10/h1,4-5H,2H3. The second-order valence-electron chi connectivity index (χ2n) is 1.86. The minimum Gasteiger partial charge on any atom is -0.296 e. The number of nitrogens with zero attached hydrogens (tertiary/aromatic N) is 2. The summed E-state index contributed by atoms with van der Waals surface area (Å²) in [5, 5.41) is 3.81. The van der Waals surface area contributed by atoms with E-state index in [0.717, 1.165) is 0 Å². The molecule has 0 aliphatic rings. The molecule has 1 rings (SSSR count). The van der Waals surface area contributed by atoms with Gasteiger partial charge in [-0.3, -0.25) is 9.48 Å². The van der Waals surface area contributed by atoms with Crippen LogP contribution in [0.2, 0.25) is 0 Å². The monoisotopic (exact) mass is 134 g/mol. The van der Waals surface area contributed by atoms with Crippen LogP contribution >= 0.6 is 0 Å². The van der Waals surface area contributed by atoms with Crippen molar-refractivity contribution < 1.29 is 4.79 Å². The van der Waals surface area contributed by atoms with Crippen LogP contribution in [0.1, 0.15) is 16.1 Å². The summed E-state index contributed by atoms with van der Waals surface area (Å²) in [6.45, 7) is 0. The van der Waals surface area contributed by atoms with E-state index in [1.165, 1.54) is 4.68 Å². The number of hydrogen-bond acceptors (Lipinski definition) is 2. The number of rotatable bonds is 1. The minimum absolute atomic E-state index is 0.324. The van der Waals surface area contributed by atoms with Crippen molar-refractivity contribution >= 4 is 6.29 Å². The molecular weight excluding hydrogens is 128 g/mol. The first kappa shape index (κ1) is 6.56. The van der Waals surface area contributed by atoms with Crippen molar-refractivity contribution in [3.05, 3.63) is 17.5 Å². The molecule has 10 heavy (non-hydrogen) atoms. The molecule has 1 aromatic heterocycles. The third-order valence-electron chi connectivity index (χ3n) is 1.12. The Labute approximate surface area is 58.7 Å². The van der Waals surface area contributed by atoms with Gasteiger partial charge in [-0.05, 0) is 0 Å². The lowest BCUT2D eigenvalue weighted by molar-refractivity contribution is 0.111. The Morgan fingerprint density at radius 3 is 3.00 bits per heavy atom. The van der Waals surface area contributed by atoms with Crippen LogP contribution in [0, 0.1) is 12.3 Å². The molecule has 0 atom stereocenters. The van der Waals surface area contributed by atoms with E-state index in [4.69, 9.17) is 6.42 Å². The smallest absolute Gasteiger partial charge is 0.171 e. The van der Waals surface area contributed by atoms with Crippen molar-refractivity contribution in [3.63, 3.8) is 0 Å². The molecule has 0 amide bonds. The number of hydrogen-bond donors (Lipinski definition) is 0. The third kappa shape index (κ3) is 0.914. The number of carbonyl (C=O) groups is 1. The first-order chi connectivity index (χ1) is 4.77. The fourth-order valence-electron chi connectivity index (χ4n) is 0.704. The normalized spacial score (nSPS) is 8.80. The molecular formula is C7H6N2O. The lowest BCUT2D eigenvalue weighted by Crippen LogP contribution is -1.88. The van der Waals surface area contributed by atoms with Gasteiger partial charge in [-0.25, -0.2) is 0 Å². The molecule has 0 aliphatic carbocycles. The van der Waals surface area contributed by atoms with Gasteiger partial charge < -0.3 is 0 Å². The van der Waals surface area contributed by atoms with E-state index in [-0.39, 0.29) is 0 Å². The zero-order valence-corrected chi connectivity index (χ0v) is 5.53. The largest absolute Gasteiger partial charge is 0.296 e. The average molecular weight is 134 g/mol. The molecule has 0 aliphatic heterocycles. The second-order valence-corrected chi connectivity index (χ2v) is 1.86. The van der Waals surface area contributed by atoms with Crippen molar-refractivity contribution in [2.24, 2.45) is 7.05 Å². The van der Waals surface area contributed by atoms with Crippen LogP contribution in [0.5, 0.6) is 0 Å². The maximum Gasteiger partial charge on any atom is 0.171 e. The highest BCUT2D eigenvalue weighted by atomic mass is 16.1. The first-order valence-corrected chi connectivity index (χ1v) is 2.73. The lowest BCUT2D eigenvalue weighted by Gasteiger charge is -1.79. The maximum absolute atomic E-state index is 10.2. The molecule has 0 N–H and O–H groups in total. The van der Waals surface area contributed by atoms with Gasteiger partial charge >= 0.3 is 0 Å². The van der Waals surface area contributed by atoms with Crippen molar-refractivity contribution in [2.75, 3.05) is 0 Å². The third-order valence-corrected chi connectivity index (χ3v) is 1.12. The SMILES string of the molecule is C#Cc1cn(C)nc1C=O. The Hall–Kier alpha value is -1.56. The van der Waals surface area contributed by atoms with Crippen molar-refractivity contribution in [1.29, 1.82) is 0 Å². The zero-order valence-electron chi connectivity index (χ0n) is 5.53. The number of aromatic nitrogens is 2. The molecule has 0 saturated heterocycles. The summed E-state index contributed by atoms with van der Waals surface area (Å²) in [6.07, 6.45) is 7.35. The van der Waals surface area contributed by atoms with E-state index in [2.05, 4.69) is 11.0 Å². The molecule has 1 heterocycles. The van der Waals surface area contributed by atoms with Crippen molar-refractivity contribution in [1.82, 2.24) is 9.78 Å². The number of aryl methyl sites for hydroxylation is 1. The molecule has 0 bridgehead atoms. The van der Waals surface area contributed by atoms with Crippen LogP contribution in [0.3, 0.4) is 0 Å². The molecule has 3 heteroatoms. The maximum atomic E-state index is 10.2. The molecule has 0 aromatic carbocycles. The fraction of sp³-hybridized carbons (Fsp3) is 0.143. The Balaban J connectivity index is 3.24. The minimum atomic E-state index is 0.324. The molecule has 0 saturated carbocycles. The van der Waals surface area contributed by atoms with Gasteiger partial charge in [-0.1, -0.05) is 5.92 Å². The lowest BCUT2D eigenvalue weighted by atomic mass is 10.3. The van der Waals surface area contributed by atoms with Crippen molar-refractivity contribution in [2.45, 2.75) is 0 Å². The zero-order chi connectivity index (χ0) is 7.56. The van der Waals surface area contributed by atoms with Gasteiger partial charge in [0.25, 0.3) is 0 Å². The molecule has 0 fully saturated rings. The highest BCUT2D eigenvalue weighted by Gasteiger charge is 2.01. The van der Waals surface area contributed by atoms with Gasteiger partial charge in [0.2, 0.25) is 0 Å². The highest BCUT2D eigenvalue weighted by molar-refractivity contribution is 5.76. The topological polar surface area (TPSA) is 34.9 Å². The van der Waals surface area contributed by atoms with Crippen LogP contribution < -0.4 is 0 Å². The number of aldehydes is 1. The quantitative estimate of drug-likeness (QED) is 0.406. The van der Waals surface area contributed by atoms with Crippen LogP contribution in [0.4, 0.5) is 0 Å². The Kier molecular flexibility index (Phi) is 1.55. The van der Waals surface area contributed by atoms with E-state index in [0.29, 0.717) is 17.5 Å².